The van der Waals surface area contributed by atoms with Crippen molar-refractivity contribution >= 4 is 39.4 Å². The molecule has 0 saturated carbocycles. The smallest absolute Gasteiger partial charge is 0.330 e. The lowest BCUT2D eigenvalue weighted by molar-refractivity contribution is -0.139. The van der Waals surface area contributed by atoms with E-state index < -0.39 is 17.9 Å². The normalized spacial score (nSPS) is 11.7. The summed E-state index contributed by atoms with van der Waals surface area (Å²) < 4.78 is 0.722. The van der Waals surface area contributed by atoms with Gasteiger partial charge in [0.15, 0.2) is 6.04 Å². The number of amides is 1. The summed E-state index contributed by atoms with van der Waals surface area (Å²) in [6.07, 6.45) is 1.46. The van der Waals surface area contributed by atoms with Crippen LogP contribution in [0.4, 0.5) is 0 Å². The Morgan fingerprint density at radius 2 is 1.95 bits per heavy atom. The SMILES string of the molecule is O=C(N[C@@H](C(=O)O)c1ccccc1Cl)c1ccc(Br)cn1. The van der Waals surface area contributed by atoms with Crippen molar-refractivity contribution in [1.82, 2.24) is 10.3 Å². The molecule has 2 rings (SSSR count). The molecule has 0 aliphatic rings. The molecule has 7 heteroatoms. The zero-order valence-corrected chi connectivity index (χ0v) is 12.9. The van der Waals surface area contributed by atoms with Gasteiger partial charge in [0.25, 0.3) is 5.91 Å². The minimum Gasteiger partial charge on any atom is -0.479 e. The van der Waals surface area contributed by atoms with E-state index in [4.69, 9.17) is 11.6 Å². The van der Waals surface area contributed by atoms with Crippen LogP contribution < -0.4 is 5.32 Å². The van der Waals surface area contributed by atoms with E-state index in [1.165, 1.54) is 12.3 Å². The molecule has 1 aromatic carbocycles. The Morgan fingerprint density at radius 1 is 1.24 bits per heavy atom. The van der Waals surface area contributed by atoms with E-state index in [0.29, 0.717) is 5.56 Å². The van der Waals surface area contributed by atoms with E-state index in [0.717, 1.165) is 4.47 Å². The average molecular weight is 370 g/mol. The predicted octanol–water partition coefficient (Wildman–Crippen LogP) is 3.05. The standard InChI is InChI=1S/C14H10BrClN2O3/c15-8-5-6-11(17-7-8)13(19)18-12(14(20)21)9-3-1-2-4-10(9)16/h1-7,12H,(H,18,19)(H,20,21)/t12-/m1/s1. The molecule has 0 radical (unpaired) electrons. The maximum absolute atomic E-state index is 12.1. The van der Waals surface area contributed by atoms with Crippen LogP contribution in [0.1, 0.15) is 22.1 Å². The second-order valence-electron chi connectivity index (χ2n) is 4.13. The highest BCUT2D eigenvalue weighted by atomic mass is 79.9. The average Bonchev–Trinajstić information content (AvgIpc) is 2.46. The molecule has 0 saturated heterocycles. The fraction of sp³-hybridized carbons (Fsp3) is 0.0714. The van der Waals surface area contributed by atoms with E-state index in [9.17, 15) is 14.7 Å². The molecule has 0 spiro atoms. The van der Waals surface area contributed by atoms with Crippen molar-refractivity contribution in [3.05, 3.63) is 63.3 Å². The summed E-state index contributed by atoms with van der Waals surface area (Å²) in [7, 11) is 0. The van der Waals surface area contributed by atoms with Gasteiger partial charge in [0, 0.05) is 21.3 Å². The third-order valence-corrected chi connectivity index (χ3v) is 3.51. The third kappa shape index (κ3) is 3.80. The monoisotopic (exact) mass is 368 g/mol. The van der Waals surface area contributed by atoms with Crippen molar-refractivity contribution in [3.8, 4) is 0 Å². The first-order valence-electron chi connectivity index (χ1n) is 5.88. The summed E-state index contributed by atoms with van der Waals surface area (Å²) >= 11 is 9.19. The number of nitrogens with one attached hydrogen (secondary N) is 1. The molecule has 5 nitrogen and oxygen atoms in total. The largest absolute Gasteiger partial charge is 0.479 e. The van der Waals surface area contributed by atoms with Crippen molar-refractivity contribution in [3.63, 3.8) is 0 Å². The van der Waals surface area contributed by atoms with Gasteiger partial charge in [-0.25, -0.2) is 9.78 Å². The molecule has 1 amide bonds. The number of carboxylic acids is 1. The summed E-state index contributed by atoms with van der Waals surface area (Å²) in [6.45, 7) is 0. The number of aliphatic carboxylic acids is 1. The van der Waals surface area contributed by atoms with Gasteiger partial charge in [0.1, 0.15) is 5.69 Å². The number of rotatable bonds is 4. The Hall–Kier alpha value is -1.92. The molecule has 0 fully saturated rings. The Kier molecular flexibility index (Phi) is 4.93. The summed E-state index contributed by atoms with van der Waals surface area (Å²) in [6, 6.07) is 8.35. The Labute approximate surface area is 134 Å². The van der Waals surface area contributed by atoms with Crippen LogP contribution in [0.3, 0.4) is 0 Å². The van der Waals surface area contributed by atoms with Gasteiger partial charge >= 0.3 is 5.97 Å². The van der Waals surface area contributed by atoms with Crippen LogP contribution in [0.15, 0.2) is 47.1 Å². The topological polar surface area (TPSA) is 79.3 Å². The molecule has 1 atom stereocenters. The number of benzene rings is 1. The van der Waals surface area contributed by atoms with Gasteiger partial charge in [-0.2, -0.15) is 0 Å². The first-order chi connectivity index (χ1) is 9.99. The molecule has 1 aromatic heterocycles. The number of halogens is 2. The van der Waals surface area contributed by atoms with Crippen LogP contribution in [0.2, 0.25) is 5.02 Å². The van der Waals surface area contributed by atoms with Crippen LogP contribution in [-0.2, 0) is 4.79 Å². The number of carbonyl (C=O) groups excluding carboxylic acids is 1. The Balaban J connectivity index is 2.25. The lowest BCUT2D eigenvalue weighted by Gasteiger charge is -2.15. The van der Waals surface area contributed by atoms with E-state index in [1.807, 2.05) is 0 Å². The predicted molar refractivity (Wildman–Crippen MR) is 81.2 cm³/mol. The van der Waals surface area contributed by atoms with Gasteiger partial charge in [-0.05, 0) is 34.1 Å². The molecule has 2 N–H and O–H groups in total. The minimum atomic E-state index is -1.24. The first kappa shape index (κ1) is 15.5. The van der Waals surface area contributed by atoms with Crippen LogP contribution in [-0.4, -0.2) is 22.0 Å². The molecular formula is C14H10BrClN2O3. The Bertz CT molecular complexity index is 676. The summed E-state index contributed by atoms with van der Waals surface area (Å²) in [5, 5.41) is 12.0. The molecule has 2 aromatic rings. The van der Waals surface area contributed by atoms with E-state index >= 15 is 0 Å². The van der Waals surface area contributed by atoms with Crippen LogP contribution >= 0.6 is 27.5 Å². The van der Waals surface area contributed by atoms with Gasteiger partial charge in [-0.15, -0.1) is 0 Å². The van der Waals surface area contributed by atoms with Gasteiger partial charge in [-0.1, -0.05) is 29.8 Å². The van der Waals surface area contributed by atoms with Gasteiger partial charge < -0.3 is 10.4 Å². The maximum Gasteiger partial charge on any atom is 0.330 e. The number of carboxylic acid groups (broad SMARTS) is 1. The third-order valence-electron chi connectivity index (χ3n) is 2.70. The minimum absolute atomic E-state index is 0.122. The van der Waals surface area contributed by atoms with Crippen LogP contribution in [0, 0.1) is 0 Å². The van der Waals surface area contributed by atoms with Gasteiger partial charge in [-0.3, -0.25) is 4.79 Å². The number of carbonyl (C=O) groups is 2. The van der Waals surface area contributed by atoms with Gasteiger partial charge in [0.2, 0.25) is 0 Å². The molecular weight excluding hydrogens is 360 g/mol. The molecule has 21 heavy (non-hydrogen) atoms. The molecule has 0 unspecified atom stereocenters. The molecule has 0 aliphatic heterocycles. The summed E-state index contributed by atoms with van der Waals surface area (Å²) in [4.78, 5) is 27.4. The van der Waals surface area contributed by atoms with Crippen LogP contribution in [0.5, 0.6) is 0 Å². The van der Waals surface area contributed by atoms with Gasteiger partial charge in [0.05, 0.1) is 0 Å². The second-order valence-corrected chi connectivity index (χ2v) is 5.45. The number of pyridine rings is 1. The van der Waals surface area contributed by atoms with Crippen molar-refractivity contribution in [1.29, 1.82) is 0 Å². The lowest BCUT2D eigenvalue weighted by atomic mass is 10.1. The van der Waals surface area contributed by atoms with E-state index in [1.54, 1.807) is 30.3 Å². The highest BCUT2D eigenvalue weighted by molar-refractivity contribution is 9.10. The molecule has 1 heterocycles. The Morgan fingerprint density at radius 3 is 2.52 bits per heavy atom. The zero-order chi connectivity index (χ0) is 15.4. The van der Waals surface area contributed by atoms with Crippen molar-refractivity contribution in [2.75, 3.05) is 0 Å². The van der Waals surface area contributed by atoms with Crippen molar-refractivity contribution in [2.24, 2.45) is 0 Å². The van der Waals surface area contributed by atoms with E-state index in [-0.39, 0.29) is 10.7 Å². The maximum atomic E-state index is 12.1. The second kappa shape index (κ2) is 6.69. The fourth-order valence-corrected chi connectivity index (χ4v) is 2.18. The number of hydrogen-bond acceptors (Lipinski definition) is 3. The molecule has 0 bridgehead atoms. The lowest BCUT2D eigenvalue weighted by Crippen LogP contribution is -2.34. The van der Waals surface area contributed by atoms with E-state index in [2.05, 4.69) is 26.2 Å². The zero-order valence-electron chi connectivity index (χ0n) is 10.6. The molecule has 0 aliphatic carbocycles. The van der Waals surface area contributed by atoms with Crippen LogP contribution in [0.25, 0.3) is 0 Å². The number of hydrogen-bond donors (Lipinski definition) is 2. The number of aromatic nitrogens is 1. The highest BCUT2D eigenvalue weighted by Gasteiger charge is 2.25. The molecule has 108 valence electrons. The quantitative estimate of drug-likeness (QED) is 0.868. The highest BCUT2D eigenvalue weighted by Crippen LogP contribution is 2.23. The van der Waals surface area contributed by atoms with Crippen molar-refractivity contribution < 1.29 is 14.7 Å². The fourth-order valence-electron chi connectivity index (χ4n) is 1.70. The van der Waals surface area contributed by atoms with Crippen molar-refractivity contribution in [2.45, 2.75) is 6.04 Å². The summed E-state index contributed by atoms with van der Waals surface area (Å²) in [5.74, 6) is -1.79. The summed E-state index contributed by atoms with van der Waals surface area (Å²) in [5.41, 5.74) is 0.439. The number of nitrogens with zero attached hydrogens (tertiary/aromatic N) is 1. The first-order valence-corrected chi connectivity index (χ1v) is 7.06.